The molecular weight excluding hydrogens is 287 g/mol. The summed E-state index contributed by atoms with van der Waals surface area (Å²) in [5.41, 5.74) is -1.73. The zero-order valence-electron chi connectivity index (χ0n) is 10.8. The van der Waals surface area contributed by atoms with Gasteiger partial charge in [0.1, 0.15) is 0 Å². The number of hydrogen-bond acceptors (Lipinski definition) is 3. The Morgan fingerprint density at radius 1 is 1.24 bits per heavy atom. The third-order valence-corrected chi connectivity index (χ3v) is 2.84. The number of nitrogens with zero attached hydrogens (tertiary/aromatic N) is 1. The molecule has 0 spiro atoms. The first-order chi connectivity index (χ1) is 9.86. The van der Waals surface area contributed by atoms with Crippen molar-refractivity contribution in [1.82, 2.24) is 4.98 Å². The summed E-state index contributed by atoms with van der Waals surface area (Å²) in [5, 5.41) is 9.18. The molecule has 2 rings (SSSR count). The number of aromatic nitrogens is 1. The van der Waals surface area contributed by atoms with Crippen LogP contribution in [0, 0.1) is 0 Å². The molecule has 2 aromatic rings. The number of carboxylic acids is 1. The van der Waals surface area contributed by atoms with Crippen LogP contribution in [-0.4, -0.2) is 23.2 Å². The number of benzene rings is 1. The zero-order valence-corrected chi connectivity index (χ0v) is 10.8. The predicted octanol–water partition coefficient (Wildman–Crippen LogP) is 3.47. The van der Waals surface area contributed by atoms with Gasteiger partial charge in [-0.05, 0) is 12.1 Å². The molecule has 0 fully saturated rings. The van der Waals surface area contributed by atoms with Crippen molar-refractivity contribution in [3.05, 3.63) is 47.7 Å². The molecule has 1 aromatic heterocycles. The van der Waals surface area contributed by atoms with Crippen LogP contribution in [0.15, 0.2) is 36.5 Å². The van der Waals surface area contributed by atoms with E-state index >= 15 is 0 Å². The van der Waals surface area contributed by atoms with Crippen LogP contribution in [0.5, 0.6) is 5.88 Å². The molecule has 1 aromatic carbocycles. The standard InChI is InChI=1S/C14H10F3NO3/c1-21-12-11(9(13(19)20)6-7-18-12)8-4-2-3-5-10(8)14(15,16)17/h2-7H,1H3,(H,19,20). The van der Waals surface area contributed by atoms with E-state index in [9.17, 15) is 23.1 Å². The summed E-state index contributed by atoms with van der Waals surface area (Å²) in [6, 6.07) is 5.83. The molecule has 0 radical (unpaired) electrons. The number of carboxylic acid groups (broad SMARTS) is 1. The third kappa shape index (κ3) is 2.81. The van der Waals surface area contributed by atoms with Crippen LogP contribution in [0.1, 0.15) is 15.9 Å². The van der Waals surface area contributed by atoms with Gasteiger partial charge in [0.15, 0.2) is 0 Å². The highest BCUT2D eigenvalue weighted by Gasteiger charge is 2.35. The summed E-state index contributed by atoms with van der Waals surface area (Å²) in [6.45, 7) is 0. The first-order valence-corrected chi connectivity index (χ1v) is 5.79. The maximum absolute atomic E-state index is 13.1. The minimum atomic E-state index is -4.62. The summed E-state index contributed by atoms with van der Waals surface area (Å²) in [7, 11) is 1.22. The number of hydrogen-bond donors (Lipinski definition) is 1. The summed E-state index contributed by atoms with van der Waals surface area (Å²) >= 11 is 0. The average Bonchev–Trinajstić information content (AvgIpc) is 2.45. The van der Waals surface area contributed by atoms with Gasteiger partial charge in [-0.2, -0.15) is 13.2 Å². The average molecular weight is 297 g/mol. The second kappa shape index (κ2) is 5.43. The zero-order chi connectivity index (χ0) is 15.6. The van der Waals surface area contributed by atoms with Crippen molar-refractivity contribution in [2.75, 3.05) is 7.11 Å². The number of aromatic carboxylic acids is 1. The molecular formula is C14H10F3NO3. The van der Waals surface area contributed by atoms with Crippen LogP contribution >= 0.6 is 0 Å². The number of methoxy groups -OCH3 is 1. The topological polar surface area (TPSA) is 59.4 Å². The molecule has 4 nitrogen and oxygen atoms in total. The SMILES string of the molecule is COc1nccc(C(=O)O)c1-c1ccccc1C(F)(F)F. The van der Waals surface area contributed by atoms with Crippen molar-refractivity contribution in [2.45, 2.75) is 6.18 Å². The van der Waals surface area contributed by atoms with Crippen molar-refractivity contribution >= 4 is 5.97 Å². The fourth-order valence-corrected chi connectivity index (χ4v) is 1.98. The van der Waals surface area contributed by atoms with E-state index in [1.165, 1.54) is 31.5 Å². The molecule has 0 aliphatic heterocycles. The fourth-order valence-electron chi connectivity index (χ4n) is 1.98. The monoisotopic (exact) mass is 297 g/mol. The molecule has 110 valence electrons. The maximum Gasteiger partial charge on any atom is 0.417 e. The van der Waals surface area contributed by atoms with E-state index in [1.807, 2.05) is 0 Å². The normalized spacial score (nSPS) is 11.2. The number of carbonyl (C=O) groups is 1. The smallest absolute Gasteiger partial charge is 0.417 e. The largest absolute Gasteiger partial charge is 0.481 e. The highest BCUT2D eigenvalue weighted by Crippen LogP contribution is 2.41. The molecule has 0 aliphatic carbocycles. The Morgan fingerprint density at radius 3 is 2.48 bits per heavy atom. The van der Waals surface area contributed by atoms with E-state index in [0.29, 0.717) is 0 Å². The lowest BCUT2D eigenvalue weighted by Crippen LogP contribution is -2.10. The summed E-state index contributed by atoms with van der Waals surface area (Å²) in [4.78, 5) is 15.0. The quantitative estimate of drug-likeness (QED) is 0.942. The molecule has 0 bridgehead atoms. The van der Waals surface area contributed by atoms with E-state index < -0.39 is 17.7 Å². The van der Waals surface area contributed by atoms with Crippen LogP contribution in [0.25, 0.3) is 11.1 Å². The number of rotatable bonds is 3. The third-order valence-electron chi connectivity index (χ3n) is 2.84. The Morgan fingerprint density at radius 2 is 1.90 bits per heavy atom. The van der Waals surface area contributed by atoms with Crippen LogP contribution < -0.4 is 4.74 Å². The fraction of sp³-hybridized carbons (Fsp3) is 0.143. The van der Waals surface area contributed by atoms with Gasteiger partial charge < -0.3 is 9.84 Å². The molecule has 0 saturated heterocycles. The maximum atomic E-state index is 13.1. The minimum absolute atomic E-state index is 0.174. The molecule has 7 heteroatoms. The Balaban J connectivity index is 2.82. The van der Waals surface area contributed by atoms with Gasteiger partial charge in [-0.15, -0.1) is 0 Å². The number of halogens is 3. The molecule has 0 unspecified atom stereocenters. The molecule has 0 saturated carbocycles. The summed E-state index contributed by atoms with van der Waals surface area (Å²) in [5.74, 6) is -1.53. The van der Waals surface area contributed by atoms with Gasteiger partial charge in [-0.3, -0.25) is 0 Å². The van der Waals surface area contributed by atoms with Crippen LogP contribution in [-0.2, 0) is 6.18 Å². The number of alkyl halides is 3. The van der Waals surface area contributed by atoms with E-state index in [4.69, 9.17) is 4.74 Å². The van der Waals surface area contributed by atoms with E-state index in [-0.39, 0.29) is 22.6 Å². The second-order valence-electron chi connectivity index (χ2n) is 4.09. The van der Waals surface area contributed by atoms with E-state index in [0.717, 1.165) is 12.1 Å². The van der Waals surface area contributed by atoms with Crippen molar-refractivity contribution in [1.29, 1.82) is 0 Å². The molecule has 0 amide bonds. The van der Waals surface area contributed by atoms with Crippen molar-refractivity contribution in [2.24, 2.45) is 0 Å². The van der Waals surface area contributed by atoms with Gasteiger partial charge in [0, 0.05) is 11.8 Å². The lowest BCUT2D eigenvalue weighted by atomic mass is 9.96. The Labute approximate surface area is 117 Å². The van der Waals surface area contributed by atoms with Gasteiger partial charge in [0.2, 0.25) is 5.88 Å². The molecule has 0 atom stereocenters. The van der Waals surface area contributed by atoms with E-state index in [2.05, 4.69) is 4.98 Å². The van der Waals surface area contributed by atoms with Gasteiger partial charge in [-0.1, -0.05) is 18.2 Å². The van der Waals surface area contributed by atoms with Crippen LogP contribution in [0.4, 0.5) is 13.2 Å². The predicted molar refractivity (Wildman–Crippen MR) is 68.2 cm³/mol. The Kier molecular flexibility index (Phi) is 3.84. The molecule has 21 heavy (non-hydrogen) atoms. The first-order valence-electron chi connectivity index (χ1n) is 5.79. The first kappa shape index (κ1) is 14.8. The summed E-state index contributed by atoms with van der Waals surface area (Å²) in [6.07, 6.45) is -3.45. The lowest BCUT2D eigenvalue weighted by Gasteiger charge is -2.16. The van der Waals surface area contributed by atoms with Crippen LogP contribution in [0.2, 0.25) is 0 Å². The second-order valence-corrected chi connectivity index (χ2v) is 4.09. The molecule has 1 N–H and O–H groups in total. The van der Waals surface area contributed by atoms with Gasteiger partial charge >= 0.3 is 12.1 Å². The number of ether oxygens (including phenoxy) is 1. The van der Waals surface area contributed by atoms with Crippen molar-refractivity contribution in [3.63, 3.8) is 0 Å². The van der Waals surface area contributed by atoms with Gasteiger partial charge in [0.25, 0.3) is 0 Å². The molecule has 0 aliphatic rings. The van der Waals surface area contributed by atoms with Gasteiger partial charge in [-0.25, -0.2) is 9.78 Å². The highest BCUT2D eigenvalue weighted by atomic mass is 19.4. The lowest BCUT2D eigenvalue weighted by molar-refractivity contribution is -0.137. The summed E-state index contributed by atoms with van der Waals surface area (Å²) < 4.78 is 44.2. The van der Waals surface area contributed by atoms with Crippen LogP contribution in [0.3, 0.4) is 0 Å². The highest BCUT2D eigenvalue weighted by molar-refractivity contribution is 5.98. The minimum Gasteiger partial charge on any atom is -0.481 e. The molecule has 1 heterocycles. The van der Waals surface area contributed by atoms with Crippen molar-refractivity contribution in [3.8, 4) is 17.0 Å². The van der Waals surface area contributed by atoms with Crippen molar-refractivity contribution < 1.29 is 27.8 Å². The number of pyridine rings is 1. The van der Waals surface area contributed by atoms with E-state index in [1.54, 1.807) is 0 Å². The Hall–Kier alpha value is -2.57. The Bertz CT molecular complexity index is 683. The van der Waals surface area contributed by atoms with Gasteiger partial charge in [0.05, 0.1) is 23.8 Å².